The second-order valence-corrected chi connectivity index (χ2v) is 5.53. The Hall–Kier alpha value is -1.99. The van der Waals surface area contributed by atoms with Gasteiger partial charge in [-0.3, -0.25) is 14.9 Å². The molecule has 0 aromatic heterocycles. The number of hydrogen-bond acceptors (Lipinski definition) is 5. The number of nitrogens with two attached hydrogens (primary N) is 1. The van der Waals surface area contributed by atoms with Gasteiger partial charge in [0.25, 0.3) is 11.6 Å². The highest BCUT2D eigenvalue weighted by molar-refractivity contribution is 5.95. The number of benzene rings is 1. The van der Waals surface area contributed by atoms with Crippen molar-refractivity contribution in [1.29, 1.82) is 0 Å². The van der Waals surface area contributed by atoms with Gasteiger partial charge in [0, 0.05) is 36.3 Å². The molecule has 1 heterocycles. The summed E-state index contributed by atoms with van der Waals surface area (Å²) in [7, 11) is 0. The van der Waals surface area contributed by atoms with E-state index in [2.05, 4.69) is 5.32 Å². The minimum atomic E-state index is -0.522. The fourth-order valence-corrected chi connectivity index (χ4v) is 3.12. The molecule has 1 aliphatic heterocycles. The fourth-order valence-electron chi connectivity index (χ4n) is 3.12. The van der Waals surface area contributed by atoms with Crippen molar-refractivity contribution < 1.29 is 14.5 Å². The molecule has 21 heavy (non-hydrogen) atoms. The van der Waals surface area contributed by atoms with Crippen molar-refractivity contribution in [3.05, 3.63) is 39.9 Å². The van der Waals surface area contributed by atoms with Gasteiger partial charge in [-0.1, -0.05) is 6.07 Å². The zero-order valence-electron chi connectivity index (χ0n) is 11.4. The van der Waals surface area contributed by atoms with Crippen molar-refractivity contribution >= 4 is 11.6 Å². The topological polar surface area (TPSA) is 107 Å². The molecule has 0 bridgehead atoms. The molecule has 0 radical (unpaired) electrons. The van der Waals surface area contributed by atoms with Crippen LogP contribution in [0.25, 0.3) is 0 Å². The Kier molecular flexibility index (Phi) is 3.60. The van der Waals surface area contributed by atoms with Gasteiger partial charge in [0.1, 0.15) is 0 Å². The van der Waals surface area contributed by atoms with Crippen LogP contribution < -0.4 is 11.1 Å². The van der Waals surface area contributed by atoms with Crippen molar-refractivity contribution in [2.24, 2.45) is 11.7 Å². The molecule has 2 aliphatic rings. The second kappa shape index (κ2) is 5.42. The number of fused-ring (bicyclic) bond motifs is 1. The number of rotatable bonds is 3. The van der Waals surface area contributed by atoms with E-state index >= 15 is 0 Å². The van der Waals surface area contributed by atoms with Gasteiger partial charge in [0.05, 0.1) is 17.1 Å². The van der Waals surface area contributed by atoms with E-state index in [1.165, 1.54) is 18.2 Å². The van der Waals surface area contributed by atoms with E-state index in [9.17, 15) is 14.9 Å². The highest BCUT2D eigenvalue weighted by Crippen LogP contribution is 2.37. The summed E-state index contributed by atoms with van der Waals surface area (Å²) in [6.45, 7) is 0.692. The lowest BCUT2D eigenvalue weighted by Crippen LogP contribution is -2.72. The second-order valence-electron chi connectivity index (χ2n) is 5.53. The first-order chi connectivity index (χ1) is 10.1. The van der Waals surface area contributed by atoms with E-state index in [0.29, 0.717) is 12.5 Å². The predicted octanol–water partition coefficient (Wildman–Crippen LogP) is 0.829. The molecular weight excluding hydrogens is 274 g/mol. The van der Waals surface area contributed by atoms with Gasteiger partial charge >= 0.3 is 0 Å². The summed E-state index contributed by atoms with van der Waals surface area (Å²) in [6.07, 6.45) is 1.99. The summed E-state index contributed by atoms with van der Waals surface area (Å²) >= 11 is 0. The van der Waals surface area contributed by atoms with Gasteiger partial charge in [-0.05, 0) is 18.9 Å². The van der Waals surface area contributed by atoms with Crippen LogP contribution >= 0.6 is 0 Å². The van der Waals surface area contributed by atoms with E-state index in [-0.39, 0.29) is 35.3 Å². The maximum absolute atomic E-state index is 12.2. The summed E-state index contributed by atoms with van der Waals surface area (Å²) in [5, 5.41) is 13.6. The fraction of sp³-hybridized carbons (Fsp3) is 0.500. The van der Waals surface area contributed by atoms with E-state index in [1.807, 2.05) is 0 Å². The third-order valence-corrected chi connectivity index (χ3v) is 4.29. The van der Waals surface area contributed by atoms with E-state index < -0.39 is 4.92 Å². The molecule has 3 N–H and O–H groups in total. The number of nitrogens with zero attached hydrogens (tertiary/aromatic N) is 1. The molecule has 1 amide bonds. The Morgan fingerprint density at radius 2 is 2.29 bits per heavy atom. The van der Waals surface area contributed by atoms with Crippen LogP contribution in [0.4, 0.5) is 5.69 Å². The Morgan fingerprint density at radius 3 is 3.05 bits per heavy atom. The third-order valence-electron chi connectivity index (χ3n) is 4.29. The molecule has 112 valence electrons. The van der Waals surface area contributed by atoms with Crippen molar-refractivity contribution in [3.63, 3.8) is 0 Å². The summed E-state index contributed by atoms with van der Waals surface area (Å²) in [4.78, 5) is 22.4. The van der Waals surface area contributed by atoms with Crippen LogP contribution in [-0.2, 0) is 4.74 Å². The van der Waals surface area contributed by atoms with Crippen LogP contribution in [0.3, 0.4) is 0 Å². The Bertz CT molecular complexity index is 577. The standard InChI is InChI=1S/C14H17N3O4/c15-11-10-5-2-6-21-13(10)12(11)16-14(18)8-3-1-4-9(7-8)17(19)20/h1,3-4,7,10-13H,2,5-6,15H2,(H,16,18). The lowest BCUT2D eigenvalue weighted by Gasteiger charge is -2.52. The summed E-state index contributed by atoms with van der Waals surface area (Å²) in [5.74, 6) is -0.0547. The average molecular weight is 291 g/mol. The molecule has 7 nitrogen and oxygen atoms in total. The molecule has 1 aliphatic carbocycles. The van der Waals surface area contributed by atoms with Crippen LogP contribution in [0.5, 0.6) is 0 Å². The lowest BCUT2D eigenvalue weighted by molar-refractivity contribution is -0.384. The molecular formula is C14H17N3O4. The molecule has 0 spiro atoms. The van der Waals surface area contributed by atoms with Gasteiger partial charge in [-0.15, -0.1) is 0 Å². The quantitative estimate of drug-likeness (QED) is 0.633. The molecule has 2 fully saturated rings. The average Bonchev–Trinajstić information content (AvgIpc) is 2.52. The zero-order chi connectivity index (χ0) is 15.0. The molecule has 4 atom stereocenters. The summed E-state index contributed by atoms with van der Waals surface area (Å²) < 4.78 is 5.66. The Morgan fingerprint density at radius 1 is 1.48 bits per heavy atom. The van der Waals surface area contributed by atoms with E-state index in [4.69, 9.17) is 10.5 Å². The Balaban J connectivity index is 1.69. The highest BCUT2D eigenvalue weighted by atomic mass is 16.6. The molecule has 1 aromatic carbocycles. The van der Waals surface area contributed by atoms with Gasteiger partial charge in [-0.2, -0.15) is 0 Å². The Labute approximate surface area is 121 Å². The SMILES string of the molecule is NC1C2CCCOC2C1NC(=O)c1cccc([N+](=O)[O-])c1. The number of carbonyl (C=O) groups excluding carboxylic acids is 1. The highest BCUT2D eigenvalue weighted by Gasteiger charge is 2.51. The smallest absolute Gasteiger partial charge is 0.270 e. The number of non-ortho nitro benzene ring substituents is 1. The van der Waals surface area contributed by atoms with Crippen molar-refractivity contribution in [1.82, 2.24) is 5.32 Å². The van der Waals surface area contributed by atoms with E-state index in [0.717, 1.165) is 12.8 Å². The maximum atomic E-state index is 12.2. The van der Waals surface area contributed by atoms with Crippen LogP contribution in [-0.4, -0.2) is 35.6 Å². The number of amides is 1. The molecule has 1 saturated heterocycles. The molecule has 7 heteroatoms. The minimum Gasteiger partial charge on any atom is -0.376 e. The number of hydrogen-bond donors (Lipinski definition) is 2. The number of nitro benzene ring substituents is 1. The van der Waals surface area contributed by atoms with Gasteiger partial charge in [-0.25, -0.2) is 0 Å². The van der Waals surface area contributed by atoms with Crippen molar-refractivity contribution in [2.45, 2.75) is 31.0 Å². The zero-order valence-corrected chi connectivity index (χ0v) is 11.4. The first kappa shape index (κ1) is 14.0. The maximum Gasteiger partial charge on any atom is 0.270 e. The monoisotopic (exact) mass is 291 g/mol. The molecule has 3 rings (SSSR count). The first-order valence-electron chi connectivity index (χ1n) is 7.00. The largest absolute Gasteiger partial charge is 0.376 e. The van der Waals surface area contributed by atoms with Crippen molar-refractivity contribution in [2.75, 3.05) is 6.61 Å². The van der Waals surface area contributed by atoms with Gasteiger partial charge in [0.15, 0.2) is 0 Å². The van der Waals surface area contributed by atoms with E-state index in [1.54, 1.807) is 6.07 Å². The third kappa shape index (κ3) is 2.50. The molecule has 1 saturated carbocycles. The number of nitrogens with one attached hydrogen (secondary N) is 1. The van der Waals surface area contributed by atoms with Crippen LogP contribution in [0.15, 0.2) is 24.3 Å². The van der Waals surface area contributed by atoms with Gasteiger partial charge < -0.3 is 15.8 Å². The summed E-state index contributed by atoms with van der Waals surface area (Å²) in [5.41, 5.74) is 6.23. The van der Waals surface area contributed by atoms with Crippen LogP contribution in [0.1, 0.15) is 23.2 Å². The molecule has 4 unspecified atom stereocenters. The van der Waals surface area contributed by atoms with Crippen LogP contribution in [0.2, 0.25) is 0 Å². The lowest BCUT2D eigenvalue weighted by atomic mass is 9.68. The van der Waals surface area contributed by atoms with Crippen LogP contribution in [0, 0.1) is 16.0 Å². The van der Waals surface area contributed by atoms with Gasteiger partial charge in [0.2, 0.25) is 0 Å². The molecule has 1 aromatic rings. The normalized spacial score (nSPS) is 30.9. The van der Waals surface area contributed by atoms with Crippen molar-refractivity contribution in [3.8, 4) is 0 Å². The number of nitro groups is 1. The predicted molar refractivity (Wildman–Crippen MR) is 74.8 cm³/mol. The first-order valence-corrected chi connectivity index (χ1v) is 7.00. The number of ether oxygens (including phenoxy) is 1. The summed E-state index contributed by atoms with van der Waals surface area (Å²) in [6, 6.07) is 5.32. The minimum absolute atomic E-state index is 0.0311. The number of carbonyl (C=O) groups is 1.